The Hall–Kier alpha value is -5.52. The number of nitrogens with zero attached hydrogens (tertiary/aromatic N) is 2. The van der Waals surface area contributed by atoms with Gasteiger partial charge >= 0.3 is 11.9 Å². The second kappa shape index (κ2) is 14.3. The molecule has 5 aromatic rings. The predicted octanol–water partition coefficient (Wildman–Crippen LogP) is 6.01. The number of ether oxygens (including phenoxy) is 3. The summed E-state index contributed by atoms with van der Waals surface area (Å²) >= 11 is 7.77. The number of hydrogen-bond acceptors (Lipinski definition) is 8. The number of fused-ring (bicyclic) bond motifs is 1. The Balaban J connectivity index is 1.46. The Morgan fingerprint density at radius 1 is 1.04 bits per heavy atom. The van der Waals surface area contributed by atoms with Crippen LogP contribution in [0, 0.1) is 5.82 Å². The topological polar surface area (TPSA) is 116 Å². The fraction of sp³-hybridized carbons (Fsp3) is 0.135. The van der Waals surface area contributed by atoms with Crippen LogP contribution in [0.3, 0.4) is 0 Å². The molecule has 0 saturated heterocycles. The number of halogens is 2. The number of methoxy groups -OCH3 is 1. The Bertz CT molecular complexity index is 2280. The zero-order chi connectivity index (χ0) is 34.7. The highest BCUT2D eigenvalue weighted by molar-refractivity contribution is 7.07. The molecule has 248 valence electrons. The van der Waals surface area contributed by atoms with E-state index in [1.54, 1.807) is 37.3 Å². The molecule has 49 heavy (non-hydrogen) atoms. The molecule has 9 nitrogen and oxygen atoms in total. The minimum atomic E-state index is -1.05. The maximum Gasteiger partial charge on any atom is 0.338 e. The molecule has 0 amide bonds. The van der Waals surface area contributed by atoms with Gasteiger partial charge in [-0.25, -0.2) is 19.0 Å². The van der Waals surface area contributed by atoms with Crippen LogP contribution in [0.1, 0.15) is 45.6 Å². The van der Waals surface area contributed by atoms with Crippen LogP contribution < -0.4 is 24.4 Å². The van der Waals surface area contributed by atoms with E-state index < -0.39 is 29.4 Å². The number of carboxylic acid groups (broad SMARTS) is 1. The van der Waals surface area contributed by atoms with Crippen molar-refractivity contribution in [1.29, 1.82) is 0 Å². The Labute approximate surface area is 288 Å². The molecule has 0 spiro atoms. The van der Waals surface area contributed by atoms with Crippen molar-refractivity contribution >= 4 is 46.6 Å². The van der Waals surface area contributed by atoms with Gasteiger partial charge in [-0.15, -0.1) is 0 Å². The number of carbonyl (C=O) groups is 2. The van der Waals surface area contributed by atoms with Crippen molar-refractivity contribution in [2.45, 2.75) is 19.6 Å². The van der Waals surface area contributed by atoms with E-state index in [2.05, 4.69) is 0 Å². The summed E-state index contributed by atoms with van der Waals surface area (Å²) < 4.78 is 32.7. The highest BCUT2D eigenvalue weighted by atomic mass is 35.5. The first-order valence-electron chi connectivity index (χ1n) is 15.0. The third kappa shape index (κ3) is 6.89. The van der Waals surface area contributed by atoms with Crippen LogP contribution in [0.2, 0.25) is 5.02 Å². The Morgan fingerprint density at radius 2 is 1.80 bits per heavy atom. The molecule has 0 saturated carbocycles. The lowest BCUT2D eigenvalue weighted by molar-refractivity contribution is -0.138. The number of carbonyl (C=O) groups excluding carboxylic acids is 1. The summed E-state index contributed by atoms with van der Waals surface area (Å²) in [5.41, 5.74) is 2.50. The van der Waals surface area contributed by atoms with Gasteiger partial charge < -0.3 is 19.3 Å². The van der Waals surface area contributed by atoms with Gasteiger partial charge in [0.05, 0.1) is 46.1 Å². The standard InChI is InChI=1S/C37H28ClFN2O7S/c1-3-47-36(45)30-31(23-9-5-4-6-10-23)40-37-41(32(30)24-12-14-26(39)15-13-24)34(42)29(49-37)19-22-17-27(38)33(28(18-22)46-2)48-20-21-8-7-11-25(16-21)35(43)44/h4-19,32H,3,20H2,1-2H3,(H,43,44)/b29-19+/t32-/m0/s1. The number of thiazole rings is 1. The number of carboxylic acids is 1. The summed E-state index contributed by atoms with van der Waals surface area (Å²) in [4.78, 5) is 44.3. The molecular weight excluding hydrogens is 671 g/mol. The van der Waals surface area contributed by atoms with Crippen molar-refractivity contribution < 1.29 is 33.3 Å². The van der Waals surface area contributed by atoms with Crippen molar-refractivity contribution in [1.82, 2.24) is 4.57 Å². The molecule has 0 fully saturated rings. The number of hydrogen-bond donors (Lipinski definition) is 1. The maximum atomic E-state index is 14.2. The van der Waals surface area contributed by atoms with Crippen molar-refractivity contribution in [2.75, 3.05) is 13.7 Å². The zero-order valence-corrected chi connectivity index (χ0v) is 27.8. The molecule has 4 aromatic carbocycles. The SMILES string of the molecule is CCOC(=O)C1=C(c2ccccc2)N=c2s/c(=C/c3cc(Cl)c(OCc4cccc(C(=O)O)c4)c(OC)c3)c(=O)n2[C@H]1c1ccc(F)cc1. The molecule has 0 unspecified atom stereocenters. The van der Waals surface area contributed by atoms with Gasteiger partial charge in [0.2, 0.25) is 0 Å². The van der Waals surface area contributed by atoms with E-state index in [0.29, 0.717) is 43.0 Å². The maximum absolute atomic E-state index is 14.2. The third-order valence-corrected chi connectivity index (χ3v) is 8.93. The van der Waals surface area contributed by atoms with E-state index in [1.807, 2.05) is 30.3 Å². The molecule has 2 heterocycles. The van der Waals surface area contributed by atoms with E-state index in [-0.39, 0.29) is 35.1 Å². The highest BCUT2D eigenvalue weighted by Gasteiger charge is 2.35. The van der Waals surface area contributed by atoms with E-state index in [1.165, 1.54) is 48.1 Å². The molecule has 6 rings (SSSR count). The number of rotatable bonds is 10. The van der Waals surface area contributed by atoms with Gasteiger partial charge in [0, 0.05) is 5.56 Å². The van der Waals surface area contributed by atoms with Gasteiger partial charge in [0.15, 0.2) is 16.3 Å². The first kappa shape index (κ1) is 33.4. The van der Waals surface area contributed by atoms with Crippen LogP contribution in [-0.4, -0.2) is 35.3 Å². The van der Waals surface area contributed by atoms with Gasteiger partial charge in [-0.3, -0.25) is 9.36 Å². The quantitative estimate of drug-likeness (QED) is 0.178. The second-order valence-corrected chi connectivity index (χ2v) is 12.2. The monoisotopic (exact) mass is 698 g/mol. The van der Waals surface area contributed by atoms with Crippen LogP contribution >= 0.6 is 22.9 Å². The molecule has 1 aromatic heterocycles. The molecule has 0 aliphatic carbocycles. The second-order valence-electron chi connectivity index (χ2n) is 10.8. The van der Waals surface area contributed by atoms with Crippen molar-refractivity contribution in [3.05, 3.63) is 155 Å². The fourth-order valence-electron chi connectivity index (χ4n) is 5.47. The lowest BCUT2D eigenvalue weighted by atomic mass is 9.93. The lowest BCUT2D eigenvalue weighted by Gasteiger charge is -2.25. The van der Waals surface area contributed by atoms with E-state index in [4.69, 9.17) is 30.8 Å². The molecule has 1 aliphatic rings. The largest absolute Gasteiger partial charge is 0.493 e. The van der Waals surface area contributed by atoms with Crippen LogP contribution in [0.25, 0.3) is 11.8 Å². The summed E-state index contributed by atoms with van der Waals surface area (Å²) in [5, 5.41) is 9.50. The highest BCUT2D eigenvalue weighted by Crippen LogP contribution is 2.38. The van der Waals surface area contributed by atoms with Crippen LogP contribution in [-0.2, 0) is 16.1 Å². The molecule has 1 atom stereocenters. The van der Waals surface area contributed by atoms with Crippen molar-refractivity contribution in [2.24, 2.45) is 4.99 Å². The first-order chi connectivity index (χ1) is 23.7. The summed E-state index contributed by atoms with van der Waals surface area (Å²) in [6, 6.07) is 23.4. The lowest BCUT2D eigenvalue weighted by Crippen LogP contribution is -2.40. The fourth-order valence-corrected chi connectivity index (χ4v) is 6.74. The summed E-state index contributed by atoms with van der Waals surface area (Å²) in [6.45, 7) is 1.82. The van der Waals surface area contributed by atoms with Crippen molar-refractivity contribution in [3.8, 4) is 11.5 Å². The predicted molar refractivity (Wildman–Crippen MR) is 183 cm³/mol. The van der Waals surface area contributed by atoms with E-state index >= 15 is 0 Å². The normalized spacial score (nSPS) is 14.2. The molecule has 0 bridgehead atoms. The van der Waals surface area contributed by atoms with E-state index in [0.717, 1.165) is 11.3 Å². The minimum Gasteiger partial charge on any atom is -0.493 e. The van der Waals surface area contributed by atoms with Crippen LogP contribution in [0.4, 0.5) is 4.39 Å². The van der Waals surface area contributed by atoms with Crippen LogP contribution in [0.15, 0.2) is 106 Å². The van der Waals surface area contributed by atoms with Crippen LogP contribution in [0.5, 0.6) is 11.5 Å². The number of aromatic nitrogens is 1. The number of benzene rings is 4. The molecule has 1 N–H and O–H groups in total. The summed E-state index contributed by atoms with van der Waals surface area (Å²) in [7, 11) is 1.45. The number of aromatic carboxylic acids is 1. The minimum absolute atomic E-state index is 0.0328. The molecule has 0 radical (unpaired) electrons. The van der Waals surface area contributed by atoms with Gasteiger partial charge in [-0.2, -0.15) is 0 Å². The van der Waals surface area contributed by atoms with Crippen molar-refractivity contribution in [3.63, 3.8) is 0 Å². The van der Waals surface area contributed by atoms with Gasteiger partial charge in [0.1, 0.15) is 12.4 Å². The summed E-state index contributed by atoms with van der Waals surface area (Å²) in [6.07, 6.45) is 1.64. The van der Waals surface area contributed by atoms with Gasteiger partial charge in [-0.05, 0) is 66.1 Å². The molecule has 12 heteroatoms. The van der Waals surface area contributed by atoms with E-state index in [9.17, 15) is 23.9 Å². The zero-order valence-electron chi connectivity index (χ0n) is 26.2. The Morgan fingerprint density at radius 3 is 2.49 bits per heavy atom. The first-order valence-corrected chi connectivity index (χ1v) is 16.2. The Kier molecular flexibility index (Phi) is 9.75. The van der Waals surface area contributed by atoms with Gasteiger partial charge in [0.25, 0.3) is 5.56 Å². The average molecular weight is 699 g/mol. The number of esters is 1. The third-order valence-electron chi connectivity index (χ3n) is 7.67. The average Bonchev–Trinajstić information content (AvgIpc) is 3.41. The molecule has 1 aliphatic heterocycles. The summed E-state index contributed by atoms with van der Waals surface area (Å²) in [5.74, 6) is -1.62. The molecular formula is C37H28ClFN2O7S. The smallest absolute Gasteiger partial charge is 0.338 e. The van der Waals surface area contributed by atoms with Gasteiger partial charge in [-0.1, -0.05) is 77.5 Å².